The number of carbonyl (C=O) groups excluding carboxylic acids is 1. The predicted octanol–water partition coefficient (Wildman–Crippen LogP) is 3.84. The third kappa shape index (κ3) is 4.16. The van der Waals surface area contributed by atoms with E-state index in [1.165, 1.54) is 11.8 Å². The van der Waals surface area contributed by atoms with E-state index in [1.54, 1.807) is 12.1 Å². The zero-order valence-electron chi connectivity index (χ0n) is 10.1. The van der Waals surface area contributed by atoms with Crippen molar-refractivity contribution in [3.05, 3.63) is 24.3 Å². The quantitative estimate of drug-likeness (QED) is 0.842. The lowest BCUT2D eigenvalue weighted by atomic mass is 10.1. The number of hydrogen-bond donors (Lipinski definition) is 0. The Morgan fingerprint density at radius 3 is 2.84 bits per heavy atom. The fourth-order valence-electron chi connectivity index (χ4n) is 1.80. The lowest BCUT2D eigenvalue weighted by Gasteiger charge is -2.24. The van der Waals surface area contributed by atoms with Crippen molar-refractivity contribution >= 4 is 17.5 Å². The average Bonchev–Trinajstić information content (AvgIpc) is 2.36. The minimum atomic E-state index is -4.20. The molecular formula is C13H13F3O2S. The smallest absolute Gasteiger partial charge is 0.389 e. The van der Waals surface area contributed by atoms with Gasteiger partial charge < -0.3 is 4.74 Å². The van der Waals surface area contributed by atoms with E-state index in [4.69, 9.17) is 4.74 Å². The Hall–Kier alpha value is -1.17. The third-order valence-corrected chi connectivity index (χ3v) is 3.87. The van der Waals surface area contributed by atoms with Crippen LogP contribution in [0.4, 0.5) is 13.2 Å². The molecule has 2 rings (SSSR count). The number of thioether (sulfide) groups is 1. The molecule has 1 aliphatic rings. The second-order valence-corrected chi connectivity index (χ2v) is 5.36. The Kier molecular flexibility index (Phi) is 4.39. The van der Waals surface area contributed by atoms with Gasteiger partial charge in [-0.05, 0) is 18.6 Å². The molecule has 0 spiro atoms. The third-order valence-electron chi connectivity index (χ3n) is 2.75. The summed E-state index contributed by atoms with van der Waals surface area (Å²) >= 11 is 1.50. The maximum absolute atomic E-state index is 12.0. The minimum absolute atomic E-state index is 0.0904. The normalized spacial score (nSPS) is 18.6. The molecule has 0 saturated heterocycles. The number of Topliss-reactive ketones (excluding diaryl/α,β-unsaturated/α-hetero) is 1. The molecule has 6 heteroatoms. The second kappa shape index (κ2) is 5.86. The van der Waals surface area contributed by atoms with Crippen LogP contribution in [0, 0.1) is 0 Å². The number of ketones is 1. The molecule has 0 aromatic heterocycles. The summed E-state index contributed by atoms with van der Waals surface area (Å²) in [5.41, 5.74) is 0. The van der Waals surface area contributed by atoms with Crippen LogP contribution >= 0.6 is 11.8 Å². The van der Waals surface area contributed by atoms with Crippen molar-refractivity contribution in [1.29, 1.82) is 0 Å². The summed E-state index contributed by atoms with van der Waals surface area (Å²) < 4.78 is 41.5. The van der Waals surface area contributed by atoms with Gasteiger partial charge in [-0.1, -0.05) is 12.1 Å². The number of carbonyl (C=O) groups is 1. The summed E-state index contributed by atoms with van der Waals surface area (Å²) in [6.45, 7) is 0. The van der Waals surface area contributed by atoms with Gasteiger partial charge in [0.15, 0.2) is 11.9 Å². The first-order valence-electron chi connectivity index (χ1n) is 5.94. The molecule has 19 heavy (non-hydrogen) atoms. The summed E-state index contributed by atoms with van der Waals surface area (Å²) in [7, 11) is 0. The van der Waals surface area contributed by atoms with Gasteiger partial charge in [-0.3, -0.25) is 4.79 Å². The van der Waals surface area contributed by atoms with Crippen LogP contribution in [0.1, 0.15) is 19.3 Å². The van der Waals surface area contributed by atoms with Gasteiger partial charge in [0.1, 0.15) is 5.75 Å². The summed E-state index contributed by atoms with van der Waals surface area (Å²) in [5.74, 6) is 0.834. The largest absolute Gasteiger partial charge is 0.481 e. The molecule has 0 N–H and O–H groups in total. The summed E-state index contributed by atoms with van der Waals surface area (Å²) in [6.07, 6.45) is -6.01. The van der Waals surface area contributed by atoms with Gasteiger partial charge in [0.05, 0.1) is 0 Å². The molecule has 2 nitrogen and oxygen atoms in total. The highest BCUT2D eigenvalue weighted by molar-refractivity contribution is 7.99. The molecule has 0 bridgehead atoms. The van der Waals surface area contributed by atoms with Crippen LogP contribution in [0.3, 0.4) is 0 Å². The molecule has 1 atom stereocenters. The fraction of sp³-hybridized carbons (Fsp3) is 0.462. The van der Waals surface area contributed by atoms with Crippen LogP contribution in [0.15, 0.2) is 29.2 Å². The Balaban J connectivity index is 1.85. The topological polar surface area (TPSA) is 26.3 Å². The number of ether oxygens (including phenoxy) is 1. The van der Waals surface area contributed by atoms with Gasteiger partial charge in [0.2, 0.25) is 0 Å². The van der Waals surface area contributed by atoms with Crippen molar-refractivity contribution in [2.24, 2.45) is 0 Å². The molecule has 0 aliphatic carbocycles. The number of hydrogen-bond acceptors (Lipinski definition) is 3. The molecule has 1 aromatic carbocycles. The van der Waals surface area contributed by atoms with Crippen molar-refractivity contribution < 1.29 is 22.7 Å². The van der Waals surface area contributed by atoms with Crippen LogP contribution in [-0.4, -0.2) is 23.8 Å². The number of rotatable bonds is 4. The second-order valence-electron chi connectivity index (χ2n) is 4.30. The van der Waals surface area contributed by atoms with Crippen LogP contribution < -0.4 is 4.74 Å². The zero-order valence-corrected chi connectivity index (χ0v) is 10.9. The highest BCUT2D eigenvalue weighted by atomic mass is 32.2. The van der Waals surface area contributed by atoms with E-state index in [-0.39, 0.29) is 18.6 Å². The van der Waals surface area contributed by atoms with Gasteiger partial charge in [-0.25, -0.2) is 0 Å². The fourth-order valence-corrected chi connectivity index (χ4v) is 2.82. The maximum Gasteiger partial charge on any atom is 0.389 e. The monoisotopic (exact) mass is 290 g/mol. The molecule has 1 heterocycles. The van der Waals surface area contributed by atoms with E-state index in [0.29, 0.717) is 11.5 Å². The number of alkyl halides is 3. The van der Waals surface area contributed by atoms with Crippen LogP contribution in [0.5, 0.6) is 5.75 Å². The highest BCUT2D eigenvalue weighted by Crippen LogP contribution is 2.35. The van der Waals surface area contributed by atoms with Crippen LogP contribution in [-0.2, 0) is 4.79 Å². The Morgan fingerprint density at radius 1 is 1.37 bits per heavy atom. The molecule has 0 amide bonds. The van der Waals surface area contributed by atoms with E-state index >= 15 is 0 Å². The standard InChI is InChI=1S/C13H13F3O2S/c14-13(15,16)7-3-4-9(17)11-8-19-12-6-2-1-5-10(12)18-11/h1-2,5-6,11H,3-4,7-8H2. The number of halogens is 3. The molecule has 0 saturated carbocycles. The summed E-state index contributed by atoms with van der Waals surface area (Å²) in [4.78, 5) is 12.7. The zero-order chi connectivity index (χ0) is 13.9. The van der Waals surface area contributed by atoms with E-state index in [0.717, 1.165) is 4.90 Å². The van der Waals surface area contributed by atoms with Gasteiger partial charge in [0, 0.05) is 23.5 Å². The predicted molar refractivity (Wildman–Crippen MR) is 66.5 cm³/mol. The molecule has 1 aromatic rings. The molecule has 1 unspecified atom stereocenters. The Morgan fingerprint density at radius 2 is 2.11 bits per heavy atom. The Labute approximate surface area is 113 Å². The molecular weight excluding hydrogens is 277 g/mol. The van der Waals surface area contributed by atoms with Crippen molar-refractivity contribution in [3.8, 4) is 5.75 Å². The highest BCUT2D eigenvalue weighted by Gasteiger charge is 2.29. The molecule has 0 fully saturated rings. The number of para-hydroxylation sites is 1. The number of fused-ring (bicyclic) bond motifs is 1. The SMILES string of the molecule is O=C(CCCC(F)(F)F)C1CSc2ccccc2O1. The van der Waals surface area contributed by atoms with Crippen LogP contribution in [0.25, 0.3) is 0 Å². The van der Waals surface area contributed by atoms with E-state index in [1.807, 2.05) is 12.1 Å². The van der Waals surface area contributed by atoms with Crippen molar-refractivity contribution in [1.82, 2.24) is 0 Å². The van der Waals surface area contributed by atoms with E-state index in [9.17, 15) is 18.0 Å². The van der Waals surface area contributed by atoms with Gasteiger partial charge in [0.25, 0.3) is 0 Å². The lowest BCUT2D eigenvalue weighted by Crippen LogP contribution is -2.32. The average molecular weight is 290 g/mol. The Bertz CT molecular complexity index is 459. The van der Waals surface area contributed by atoms with Gasteiger partial charge in [-0.15, -0.1) is 11.8 Å². The lowest BCUT2D eigenvalue weighted by molar-refractivity contribution is -0.138. The first kappa shape index (κ1) is 14.2. The summed E-state index contributed by atoms with van der Waals surface area (Å²) in [5, 5.41) is 0. The van der Waals surface area contributed by atoms with Crippen molar-refractivity contribution in [3.63, 3.8) is 0 Å². The van der Waals surface area contributed by atoms with E-state index in [2.05, 4.69) is 0 Å². The first-order chi connectivity index (χ1) is 8.96. The number of benzene rings is 1. The molecule has 1 aliphatic heterocycles. The molecule has 104 valence electrons. The van der Waals surface area contributed by atoms with E-state index < -0.39 is 18.7 Å². The first-order valence-corrected chi connectivity index (χ1v) is 6.92. The van der Waals surface area contributed by atoms with Crippen molar-refractivity contribution in [2.45, 2.75) is 36.4 Å². The van der Waals surface area contributed by atoms with Gasteiger partial charge in [-0.2, -0.15) is 13.2 Å². The van der Waals surface area contributed by atoms with Crippen LogP contribution in [0.2, 0.25) is 0 Å². The summed E-state index contributed by atoms with van der Waals surface area (Å²) in [6, 6.07) is 7.33. The van der Waals surface area contributed by atoms with Gasteiger partial charge >= 0.3 is 6.18 Å². The minimum Gasteiger partial charge on any atom is -0.481 e. The molecule has 0 radical (unpaired) electrons. The maximum atomic E-state index is 12.0. The van der Waals surface area contributed by atoms with Crippen molar-refractivity contribution in [2.75, 3.05) is 5.75 Å².